The first kappa shape index (κ1) is 17.3. The van der Waals surface area contributed by atoms with Crippen LogP contribution in [0.2, 0.25) is 0 Å². The molecule has 0 heterocycles. The van der Waals surface area contributed by atoms with Gasteiger partial charge in [-0.1, -0.05) is 25.7 Å². The molecule has 0 aliphatic rings. The van der Waals surface area contributed by atoms with Crippen molar-refractivity contribution in [2.24, 2.45) is 0 Å². The summed E-state index contributed by atoms with van der Waals surface area (Å²) in [6, 6.07) is 0. The molecular formula is C8H20O7P2. The van der Waals surface area contributed by atoms with Crippen LogP contribution in [-0.4, -0.2) is 36.7 Å². The van der Waals surface area contributed by atoms with Crippen LogP contribution in [0.4, 0.5) is 0 Å². The van der Waals surface area contributed by atoms with E-state index in [4.69, 9.17) is 24.7 Å². The molecule has 104 valence electrons. The minimum Gasteiger partial charge on any atom is -0.396 e. The Labute approximate surface area is 100 Å². The van der Waals surface area contributed by atoms with E-state index in [0.717, 1.165) is 12.8 Å². The average molecular weight is 290 g/mol. The number of hydrogen-bond acceptors (Lipinski definition) is 3. The predicted octanol–water partition coefficient (Wildman–Crippen LogP) is 1.00. The zero-order chi connectivity index (χ0) is 13.5. The molecule has 0 amide bonds. The molecule has 0 aromatic carbocycles. The van der Waals surface area contributed by atoms with Gasteiger partial charge in [0.1, 0.15) is 0 Å². The monoisotopic (exact) mass is 290 g/mol. The van der Waals surface area contributed by atoms with Crippen molar-refractivity contribution in [1.29, 1.82) is 0 Å². The van der Waals surface area contributed by atoms with E-state index >= 15 is 0 Å². The van der Waals surface area contributed by atoms with Crippen LogP contribution in [0.15, 0.2) is 0 Å². The van der Waals surface area contributed by atoms with E-state index in [2.05, 4.69) is 0 Å². The lowest BCUT2D eigenvalue weighted by molar-refractivity contribution is 0.282. The van der Waals surface area contributed by atoms with Crippen LogP contribution in [0.5, 0.6) is 0 Å². The fourth-order valence-corrected chi connectivity index (χ4v) is 4.11. The minimum atomic E-state index is -4.76. The molecule has 0 saturated heterocycles. The zero-order valence-electron chi connectivity index (χ0n) is 9.47. The zero-order valence-corrected chi connectivity index (χ0v) is 11.3. The lowest BCUT2D eigenvalue weighted by Gasteiger charge is -2.19. The van der Waals surface area contributed by atoms with Crippen molar-refractivity contribution < 1.29 is 33.8 Å². The van der Waals surface area contributed by atoms with Gasteiger partial charge >= 0.3 is 15.2 Å². The van der Waals surface area contributed by atoms with Gasteiger partial charge in [0.15, 0.2) is 5.40 Å². The summed E-state index contributed by atoms with van der Waals surface area (Å²) in [5.41, 5.74) is 0. The molecule has 17 heavy (non-hydrogen) atoms. The normalized spacial score (nSPS) is 13.3. The molecule has 0 aliphatic carbocycles. The van der Waals surface area contributed by atoms with Crippen LogP contribution < -0.4 is 0 Å². The highest BCUT2D eigenvalue weighted by molar-refractivity contribution is 7.70. The molecule has 0 rings (SSSR count). The quantitative estimate of drug-likeness (QED) is 0.315. The number of unbranched alkanes of at least 4 members (excludes halogenated alkanes) is 4. The molecule has 0 fully saturated rings. The molecule has 0 aliphatic heterocycles. The molecule has 7 nitrogen and oxygen atoms in total. The minimum absolute atomic E-state index is 0.105. The van der Waals surface area contributed by atoms with E-state index in [1.165, 1.54) is 0 Å². The second kappa shape index (κ2) is 7.64. The van der Waals surface area contributed by atoms with Crippen LogP contribution in [0, 0.1) is 0 Å². The Morgan fingerprint density at radius 3 is 1.59 bits per heavy atom. The van der Waals surface area contributed by atoms with Crippen molar-refractivity contribution in [3.8, 4) is 0 Å². The predicted molar refractivity (Wildman–Crippen MR) is 62.7 cm³/mol. The van der Waals surface area contributed by atoms with Crippen LogP contribution in [0.25, 0.3) is 0 Å². The highest BCUT2D eigenvalue weighted by Crippen LogP contribution is 2.61. The van der Waals surface area contributed by atoms with Crippen molar-refractivity contribution in [1.82, 2.24) is 0 Å². The molecule has 0 spiro atoms. The number of aliphatic hydroxyl groups is 1. The Morgan fingerprint density at radius 1 is 0.765 bits per heavy atom. The number of aliphatic hydroxyl groups excluding tert-OH is 1. The van der Waals surface area contributed by atoms with Gasteiger partial charge in [-0.15, -0.1) is 0 Å². The van der Waals surface area contributed by atoms with Crippen LogP contribution in [0.1, 0.15) is 38.5 Å². The van der Waals surface area contributed by atoms with Gasteiger partial charge in [0.05, 0.1) is 0 Å². The molecule has 0 unspecified atom stereocenters. The van der Waals surface area contributed by atoms with Crippen LogP contribution >= 0.6 is 15.2 Å². The average Bonchev–Trinajstić information content (AvgIpc) is 2.12. The highest BCUT2D eigenvalue weighted by Gasteiger charge is 2.42. The molecule has 0 aromatic rings. The topological polar surface area (TPSA) is 135 Å². The second-order valence-corrected chi connectivity index (χ2v) is 7.95. The van der Waals surface area contributed by atoms with Crippen molar-refractivity contribution in [2.75, 3.05) is 6.61 Å². The van der Waals surface area contributed by atoms with E-state index in [1.807, 2.05) is 0 Å². The second-order valence-electron chi connectivity index (χ2n) is 3.94. The smallest absolute Gasteiger partial charge is 0.340 e. The van der Waals surface area contributed by atoms with Crippen molar-refractivity contribution in [3.05, 3.63) is 0 Å². The van der Waals surface area contributed by atoms with Gasteiger partial charge in [0.2, 0.25) is 0 Å². The van der Waals surface area contributed by atoms with Gasteiger partial charge in [-0.25, -0.2) is 0 Å². The summed E-state index contributed by atoms with van der Waals surface area (Å²) >= 11 is 0. The Morgan fingerprint density at radius 2 is 1.18 bits per heavy atom. The van der Waals surface area contributed by atoms with Gasteiger partial charge in [-0.2, -0.15) is 0 Å². The first-order chi connectivity index (χ1) is 7.69. The van der Waals surface area contributed by atoms with E-state index in [0.29, 0.717) is 19.3 Å². The first-order valence-corrected chi connectivity index (χ1v) is 8.77. The SMILES string of the molecule is O=P(O)(O)C(CCCCCCCO)P(=O)(O)O. The van der Waals surface area contributed by atoms with E-state index < -0.39 is 20.6 Å². The van der Waals surface area contributed by atoms with E-state index in [1.54, 1.807) is 0 Å². The maximum Gasteiger partial charge on any atom is 0.340 e. The van der Waals surface area contributed by atoms with E-state index in [-0.39, 0.29) is 13.0 Å². The molecule has 0 aromatic heterocycles. The van der Waals surface area contributed by atoms with Gasteiger partial charge in [0.25, 0.3) is 0 Å². The lowest BCUT2D eigenvalue weighted by Crippen LogP contribution is -2.09. The Balaban J connectivity index is 4.05. The largest absolute Gasteiger partial charge is 0.396 e. The fraction of sp³-hybridized carbons (Fsp3) is 1.00. The molecule has 0 saturated carbocycles. The Bertz CT molecular complexity index is 272. The van der Waals surface area contributed by atoms with Gasteiger partial charge in [0, 0.05) is 6.61 Å². The van der Waals surface area contributed by atoms with Crippen molar-refractivity contribution >= 4 is 15.2 Å². The third-order valence-electron chi connectivity index (χ3n) is 2.40. The van der Waals surface area contributed by atoms with Crippen molar-refractivity contribution in [3.63, 3.8) is 0 Å². The van der Waals surface area contributed by atoms with Crippen LogP contribution in [0.3, 0.4) is 0 Å². The summed E-state index contributed by atoms with van der Waals surface area (Å²) in [7, 11) is -9.52. The first-order valence-electron chi connectivity index (χ1n) is 5.41. The van der Waals surface area contributed by atoms with Gasteiger partial charge in [-0.05, 0) is 12.8 Å². The summed E-state index contributed by atoms with van der Waals surface area (Å²) in [4.78, 5) is 35.4. The van der Waals surface area contributed by atoms with Gasteiger partial charge < -0.3 is 24.7 Å². The molecule has 0 radical (unpaired) electrons. The fourth-order valence-electron chi connectivity index (χ4n) is 1.50. The third kappa shape index (κ3) is 8.06. The summed E-state index contributed by atoms with van der Waals surface area (Å²) in [6.45, 7) is 0.105. The maximum absolute atomic E-state index is 10.9. The number of rotatable bonds is 9. The maximum atomic E-state index is 10.9. The summed E-state index contributed by atoms with van der Waals surface area (Å²) in [5.74, 6) is 0. The Kier molecular flexibility index (Phi) is 7.76. The highest BCUT2D eigenvalue weighted by atomic mass is 31.2. The summed E-state index contributed by atoms with van der Waals surface area (Å²) in [5, 5.41) is 6.64. The lowest BCUT2D eigenvalue weighted by atomic mass is 10.1. The van der Waals surface area contributed by atoms with Crippen molar-refractivity contribution in [2.45, 2.75) is 43.9 Å². The van der Waals surface area contributed by atoms with E-state index in [9.17, 15) is 9.13 Å². The van der Waals surface area contributed by atoms with Gasteiger partial charge in [-0.3, -0.25) is 9.13 Å². The molecular weight excluding hydrogens is 270 g/mol. The third-order valence-corrected chi connectivity index (χ3v) is 6.27. The summed E-state index contributed by atoms with van der Waals surface area (Å²) in [6.07, 6.45) is 3.04. The molecule has 0 bridgehead atoms. The molecule has 0 atom stereocenters. The standard InChI is InChI=1S/C8H20O7P2/c9-7-5-3-1-2-4-6-8(16(10,11)12)17(13,14)15/h8-9H,1-7H2,(H2,10,11,12)(H2,13,14,15). The Hall–Kier alpha value is 0.260. The van der Waals surface area contributed by atoms with Crippen LogP contribution in [-0.2, 0) is 9.13 Å². The summed E-state index contributed by atoms with van der Waals surface area (Å²) < 4.78 is 21.8. The molecule has 9 heteroatoms. The number of hydrogen-bond donors (Lipinski definition) is 5. The molecule has 5 N–H and O–H groups in total.